The molecule has 0 unspecified atom stereocenters. The van der Waals surface area contributed by atoms with E-state index in [-0.39, 0.29) is 6.29 Å². The fourth-order valence-electron chi connectivity index (χ4n) is 1.07. The van der Waals surface area contributed by atoms with Gasteiger partial charge in [-0.3, -0.25) is 0 Å². The van der Waals surface area contributed by atoms with Gasteiger partial charge in [0.05, 0.1) is 13.2 Å². The van der Waals surface area contributed by atoms with E-state index in [1.807, 2.05) is 23.5 Å². The topological polar surface area (TPSA) is 18.5 Å². The van der Waals surface area contributed by atoms with Crippen LogP contribution in [-0.4, -0.2) is 35.6 Å². The highest BCUT2D eigenvalue weighted by Crippen LogP contribution is 2.35. The van der Waals surface area contributed by atoms with Crippen LogP contribution in [0.3, 0.4) is 0 Å². The van der Waals surface area contributed by atoms with E-state index in [0.717, 1.165) is 24.7 Å². The second kappa shape index (κ2) is 3.34. The number of thioether (sulfide) groups is 2. The summed E-state index contributed by atoms with van der Waals surface area (Å²) in [5.74, 6) is 2.25. The van der Waals surface area contributed by atoms with E-state index in [1.165, 1.54) is 0 Å². The molecule has 2 rings (SSSR count). The zero-order valence-electron chi connectivity index (χ0n) is 5.62. The first-order chi connectivity index (χ1) is 4.97. The van der Waals surface area contributed by atoms with Gasteiger partial charge in [0, 0.05) is 11.5 Å². The van der Waals surface area contributed by atoms with Gasteiger partial charge in [-0.1, -0.05) is 0 Å². The summed E-state index contributed by atoms with van der Waals surface area (Å²) >= 11 is 3.92. The molecule has 2 nitrogen and oxygen atoms in total. The minimum Gasteiger partial charge on any atom is -0.350 e. The molecule has 2 fully saturated rings. The maximum Gasteiger partial charge on any atom is 0.178 e. The fourth-order valence-corrected chi connectivity index (χ4v) is 3.51. The van der Waals surface area contributed by atoms with E-state index < -0.39 is 0 Å². The van der Waals surface area contributed by atoms with Crippen LogP contribution in [0.4, 0.5) is 0 Å². The molecule has 0 saturated carbocycles. The van der Waals surface area contributed by atoms with Crippen molar-refractivity contribution in [1.82, 2.24) is 0 Å². The second-order valence-electron chi connectivity index (χ2n) is 2.22. The van der Waals surface area contributed by atoms with E-state index in [2.05, 4.69) is 0 Å². The third-order valence-corrected chi connectivity index (χ3v) is 4.24. The molecule has 2 saturated heterocycles. The van der Waals surface area contributed by atoms with Crippen LogP contribution in [0.15, 0.2) is 0 Å². The summed E-state index contributed by atoms with van der Waals surface area (Å²) in [6.45, 7) is 1.71. The summed E-state index contributed by atoms with van der Waals surface area (Å²) in [6.07, 6.45) is 0.0810. The Morgan fingerprint density at radius 3 is 2.10 bits per heavy atom. The molecule has 0 aliphatic carbocycles. The van der Waals surface area contributed by atoms with E-state index >= 15 is 0 Å². The number of ether oxygens (including phenoxy) is 2. The Kier molecular flexibility index (Phi) is 2.43. The second-order valence-corrected chi connectivity index (χ2v) is 5.02. The quantitative estimate of drug-likeness (QED) is 0.554. The third kappa shape index (κ3) is 1.44. The highest BCUT2D eigenvalue weighted by atomic mass is 32.2. The van der Waals surface area contributed by atoms with Crippen molar-refractivity contribution in [2.45, 2.75) is 10.9 Å². The Balaban J connectivity index is 1.93. The van der Waals surface area contributed by atoms with Crippen molar-refractivity contribution in [3.05, 3.63) is 0 Å². The average molecular weight is 178 g/mol. The molecule has 0 spiro atoms. The zero-order chi connectivity index (χ0) is 6.81. The molecule has 2 aliphatic rings. The third-order valence-electron chi connectivity index (χ3n) is 1.52. The minimum absolute atomic E-state index is 0.0810. The predicted molar refractivity (Wildman–Crippen MR) is 44.4 cm³/mol. The molecule has 0 amide bonds. The van der Waals surface area contributed by atoms with E-state index in [1.54, 1.807) is 0 Å². The zero-order valence-corrected chi connectivity index (χ0v) is 7.25. The van der Waals surface area contributed by atoms with Gasteiger partial charge in [-0.15, -0.1) is 23.5 Å². The first kappa shape index (κ1) is 7.28. The van der Waals surface area contributed by atoms with Gasteiger partial charge in [0.15, 0.2) is 6.29 Å². The summed E-state index contributed by atoms with van der Waals surface area (Å²) in [6, 6.07) is 0. The minimum atomic E-state index is 0.0810. The molecule has 2 aliphatic heterocycles. The lowest BCUT2D eigenvalue weighted by molar-refractivity contribution is -0.130. The average Bonchev–Trinajstić information content (AvgIpc) is 2.05. The molecule has 0 N–H and O–H groups in total. The van der Waals surface area contributed by atoms with Crippen molar-refractivity contribution in [2.24, 2.45) is 0 Å². The summed E-state index contributed by atoms with van der Waals surface area (Å²) in [4.78, 5) is 0. The summed E-state index contributed by atoms with van der Waals surface area (Å²) < 4.78 is 11.4. The molecule has 0 aromatic carbocycles. The van der Waals surface area contributed by atoms with Crippen LogP contribution in [0.5, 0.6) is 0 Å². The first-order valence-electron chi connectivity index (χ1n) is 3.43. The Labute approximate surface area is 69.0 Å². The van der Waals surface area contributed by atoms with Crippen molar-refractivity contribution in [1.29, 1.82) is 0 Å². The van der Waals surface area contributed by atoms with Crippen LogP contribution >= 0.6 is 23.5 Å². The maximum absolute atomic E-state index is 5.42. The lowest BCUT2D eigenvalue weighted by Crippen LogP contribution is -2.37. The summed E-state index contributed by atoms with van der Waals surface area (Å²) in [5, 5.41) is 0. The highest BCUT2D eigenvalue weighted by Gasteiger charge is 2.30. The molecule has 0 aromatic heterocycles. The van der Waals surface area contributed by atoms with Crippen LogP contribution in [0, 0.1) is 0 Å². The van der Waals surface area contributed by atoms with Crippen molar-refractivity contribution >= 4 is 23.5 Å². The monoisotopic (exact) mass is 178 g/mol. The first-order valence-corrected chi connectivity index (χ1v) is 5.53. The number of hydrogen-bond donors (Lipinski definition) is 0. The van der Waals surface area contributed by atoms with Crippen molar-refractivity contribution < 1.29 is 9.47 Å². The smallest absolute Gasteiger partial charge is 0.178 e. The van der Waals surface area contributed by atoms with Gasteiger partial charge < -0.3 is 9.47 Å². The Hall–Kier alpha value is 0.620. The van der Waals surface area contributed by atoms with Crippen LogP contribution in [0.2, 0.25) is 0 Å². The standard InChI is InChI=1S/C6H10O2S2/c1-3-9-6-5(7-1)8-2-4-10-6/h5-6H,1-4H2. The Morgan fingerprint density at radius 1 is 1.00 bits per heavy atom. The summed E-state index contributed by atoms with van der Waals surface area (Å²) in [5.41, 5.74) is 0. The molecule has 0 atom stereocenters. The number of rotatable bonds is 0. The molecular formula is C6H10O2S2. The highest BCUT2D eigenvalue weighted by molar-refractivity contribution is 8.17. The molecular weight excluding hydrogens is 168 g/mol. The van der Waals surface area contributed by atoms with Gasteiger partial charge in [0.2, 0.25) is 0 Å². The molecule has 10 heavy (non-hydrogen) atoms. The van der Waals surface area contributed by atoms with E-state index in [0.29, 0.717) is 4.58 Å². The molecule has 0 bridgehead atoms. The Bertz CT molecular complexity index is 94.3. The van der Waals surface area contributed by atoms with Crippen LogP contribution in [0.25, 0.3) is 0 Å². The molecule has 0 radical (unpaired) electrons. The van der Waals surface area contributed by atoms with E-state index in [9.17, 15) is 0 Å². The van der Waals surface area contributed by atoms with Gasteiger partial charge in [-0.05, 0) is 0 Å². The maximum atomic E-state index is 5.42. The van der Waals surface area contributed by atoms with Crippen molar-refractivity contribution in [3.63, 3.8) is 0 Å². The number of fused-ring (bicyclic) bond motifs is 1. The predicted octanol–water partition coefficient (Wildman–Crippen LogP) is 1.17. The Morgan fingerprint density at radius 2 is 1.60 bits per heavy atom. The lowest BCUT2D eigenvalue weighted by Gasteiger charge is -2.33. The van der Waals surface area contributed by atoms with Crippen LogP contribution < -0.4 is 0 Å². The molecule has 0 aromatic rings. The van der Waals surface area contributed by atoms with Gasteiger partial charge >= 0.3 is 0 Å². The number of hydrogen-bond acceptors (Lipinski definition) is 4. The molecule has 4 heteroatoms. The summed E-state index contributed by atoms with van der Waals surface area (Å²) in [7, 11) is 0. The van der Waals surface area contributed by atoms with Gasteiger partial charge in [0.25, 0.3) is 0 Å². The van der Waals surface area contributed by atoms with Crippen molar-refractivity contribution in [2.75, 3.05) is 24.7 Å². The van der Waals surface area contributed by atoms with Gasteiger partial charge in [0.1, 0.15) is 4.58 Å². The SMILES string of the molecule is C1CSC2SCCOC2O1. The molecule has 2 heterocycles. The molecule has 58 valence electrons. The lowest BCUT2D eigenvalue weighted by atomic mass is 10.6. The van der Waals surface area contributed by atoms with E-state index in [4.69, 9.17) is 9.47 Å². The fraction of sp³-hybridized carbons (Fsp3) is 1.00. The normalized spacial score (nSPS) is 40.8. The van der Waals surface area contributed by atoms with Gasteiger partial charge in [-0.2, -0.15) is 0 Å². The van der Waals surface area contributed by atoms with Crippen LogP contribution in [0.1, 0.15) is 0 Å². The van der Waals surface area contributed by atoms with Gasteiger partial charge in [-0.25, -0.2) is 0 Å². The largest absolute Gasteiger partial charge is 0.350 e. The van der Waals surface area contributed by atoms with Crippen molar-refractivity contribution in [3.8, 4) is 0 Å². The van der Waals surface area contributed by atoms with Crippen LogP contribution in [-0.2, 0) is 9.47 Å².